The molecule has 1 aromatic rings. The maximum absolute atomic E-state index is 11.4. The highest BCUT2D eigenvalue weighted by Gasteiger charge is 2.59. The summed E-state index contributed by atoms with van der Waals surface area (Å²) in [7, 11) is 0. The molecule has 4 fully saturated rings. The zero-order chi connectivity index (χ0) is 25.5. The Morgan fingerprint density at radius 1 is 1.06 bits per heavy atom. The van der Waals surface area contributed by atoms with Crippen LogP contribution >= 0.6 is 0 Å². The molecule has 0 aliphatic heterocycles. The van der Waals surface area contributed by atoms with Gasteiger partial charge in [0.2, 0.25) is 0 Å². The van der Waals surface area contributed by atoms with E-state index in [-0.39, 0.29) is 17.4 Å². The number of nitriles is 1. The minimum absolute atomic E-state index is 0.0415. The zero-order valence-corrected chi connectivity index (χ0v) is 22.5. The fourth-order valence-electron chi connectivity index (χ4n) is 9.26. The SMILES string of the molecule is CCOC[C@@]1(O)CC[C@H]2[C@H](CC[C@@H]3[C@@H]2CC[C@]2(C)[C@@H](C(O)N[C@H](C)c4ccc(C#N)cc4)CC[C@@H]32)C1. The average molecular weight is 495 g/mol. The molecular weight excluding hydrogens is 448 g/mol. The summed E-state index contributed by atoms with van der Waals surface area (Å²) in [5.41, 5.74) is 1.35. The molecule has 5 heteroatoms. The maximum Gasteiger partial charge on any atom is 0.108 e. The number of benzene rings is 1. The number of aliphatic hydroxyl groups excluding tert-OH is 1. The first-order chi connectivity index (χ1) is 17.3. The van der Waals surface area contributed by atoms with Gasteiger partial charge in [-0.1, -0.05) is 19.1 Å². The zero-order valence-electron chi connectivity index (χ0n) is 22.5. The third kappa shape index (κ3) is 4.75. The maximum atomic E-state index is 11.4. The third-order valence-electron chi connectivity index (χ3n) is 11.1. The van der Waals surface area contributed by atoms with Gasteiger partial charge >= 0.3 is 0 Å². The van der Waals surface area contributed by atoms with Crippen molar-refractivity contribution < 1.29 is 14.9 Å². The van der Waals surface area contributed by atoms with Gasteiger partial charge in [0, 0.05) is 18.6 Å². The highest BCUT2D eigenvalue weighted by Crippen LogP contribution is 2.65. The summed E-state index contributed by atoms with van der Waals surface area (Å²) >= 11 is 0. The highest BCUT2D eigenvalue weighted by atomic mass is 16.5. The van der Waals surface area contributed by atoms with E-state index in [1.54, 1.807) is 0 Å². The third-order valence-corrected chi connectivity index (χ3v) is 11.1. The van der Waals surface area contributed by atoms with Crippen molar-refractivity contribution in [2.45, 2.75) is 96.4 Å². The Hall–Kier alpha value is -1.45. The molecule has 0 heterocycles. The van der Waals surface area contributed by atoms with Gasteiger partial charge in [0.05, 0.1) is 23.8 Å². The van der Waals surface area contributed by atoms with Crippen LogP contribution < -0.4 is 5.32 Å². The minimum atomic E-state index is -0.618. The molecule has 4 aliphatic rings. The molecule has 10 atom stereocenters. The second-order valence-corrected chi connectivity index (χ2v) is 12.8. The van der Waals surface area contributed by atoms with Gasteiger partial charge in [0.25, 0.3) is 0 Å². The van der Waals surface area contributed by atoms with Gasteiger partial charge in [-0.2, -0.15) is 5.26 Å². The molecule has 0 spiro atoms. The Kier molecular flexibility index (Phi) is 7.54. The lowest BCUT2D eigenvalue weighted by Crippen LogP contribution is -2.53. The number of hydrogen-bond donors (Lipinski definition) is 3. The molecule has 0 saturated heterocycles. The standard InChI is InChI=1S/C31H46N2O3/c1-4-36-19-31(35)16-14-24-23(17-31)9-10-26-25(24)13-15-30(3)27(26)11-12-28(30)29(34)33-20(2)22-7-5-21(18-32)6-8-22/h5-8,20,23-29,33-35H,4,9-17,19H2,1-3H3/t20-,23-,24+,25-,26-,27+,28-,29?,30+,31-/m1/s1. The monoisotopic (exact) mass is 494 g/mol. The molecule has 5 nitrogen and oxygen atoms in total. The fraction of sp³-hybridized carbons (Fsp3) is 0.774. The van der Waals surface area contributed by atoms with E-state index in [0.29, 0.717) is 30.6 Å². The molecule has 4 saturated carbocycles. The fourth-order valence-corrected chi connectivity index (χ4v) is 9.26. The molecule has 0 amide bonds. The van der Waals surface area contributed by atoms with Gasteiger partial charge in [0.1, 0.15) is 6.23 Å². The molecule has 0 bridgehead atoms. The first kappa shape index (κ1) is 26.2. The molecule has 4 aliphatic carbocycles. The van der Waals surface area contributed by atoms with E-state index in [1.807, 2.05) is 31.2 Å². The number of hydrogen-bond acceptors (Lipinski definition) is 5. The lowest BCUT2D eigenvalue weighted by molar-refractivity contribution is -0.132. The summed E-state index contributed by atoms with van der Waals surface area (Å²) in [5.74, 6) is 3.95. The van der Waals surface area contributed by atoms with Crippen molar-refractivity contribution in [1.82, 2.24) is 5.32 Å². The Balaban J connectivity index is 1.23. The molecule has 198 valence electrons. The normalized spacial score (nSPS) is 41.4. The largest absolute Gasteiger partial charge is 0.387 e. The van der Waals surface area contributed by atoms with E-state index in [0.717, 1.165) is 49.0 Å². The highest BCUT2D eigenvalue weighted by molar-refractivity contribution is 5.32. The Morgan fingerprint density at radius 2 is 1.81 bits per heavy atom. The van der Waals surface area contributed by atoms with Crippen LogP contribution in [0.25, 0.3) is 0 Å². The number of nitrogens with zero attached hydrogens (tertiary/aromatic N) is 1. The lowest BCUT2D eigenvalue weighted by Gasteiger charge is -2.57. The van der Waals surface area contributed by atoms with Crippen LogP contribution in [0.1, 0.15) is 95.7 Å². The molecule has 0 radical (unpaired) electrons. The Bertz CT molecular complexity index is 944. The van der Waals surface area contributed by atoms with Crippen LogP contribution in [-0.2, 0) is 4.74 Å². The van der Waals surface area contributed by atoms with Gasteiger partial charge in [0.15, 0.2) is 0 Å². The van der Waals surface area contributed by atoms with Crippen LogP contribution in [-0.4, -0.2) is 35.3 Å². The van der Waals surface area contributed by atoms with Crippen molar-refractivity contribution >= 4 is 0 Å². The van der Waals surface area contributed by atoms with Gasteiger partial charge in [-0.25, -0.2) is 0 Å². The number of nitrogens with one attached hydrogen (secondary N) is 1. The van der Waals surface area contributed by atoms with Crippen molar-refractivity contribution in [2.24, 2.45) is 40.9 Å². The van der Waals surface area contributed by atoms with Gasteiger partial charge in [-0.05, 0) is 124 Å². The summed E-state index contributed by atoms with van der Waals surface area (Å²) in [6.07, 6.45) is 9.79. The number of fused-ring (bicyclic) bond motifs is 5. The van der Waals surface area contributed by atoms with Crippen molar-refractivity contribution in [3.05, 3.63) is 35.4 Å². The molecule has 0 aromatic heterocycles. The molecular formula is C31H46N2O3. The summed E-state index contributed by atoms with van der Waals surface area (Å²) in [6.45, 7) is 7.75. The topological polar surface area (TPSA) is 85.5 Å². The summed E-state index contributed by atoms with van der Waals surface area (Å²) in [6, 6.07) is 9.91. The van der Waals surface area contributed by atoms with Crippen molar-refractivity contribution in [3.63, 3.8) is 0 Å². The van der Waals surface area contributed by atoms with Crippen LogP contribution in [0.3, 0.4) is 0 Å². The second kappa shape index (κ2) is 10.4. The van der Waals surface area contributed by atoms with Crippen molar-refractivity contribution in [3.8, 4) is 6.07 Å². The smallest absolute Gasteiger partial charge is 0.108 e. The number of aliphatic hydroxyl groups is 2. The van der Waals surface area contributed by atoms with Crippen LogP contribution in [0.5, 0.6) is 0 Å². The van der Waals surface area contributed by atoms with E-state index in [4.69, 9.17) is 10.00 Å². The van der Waals surface area contributed by atoms with Crippen LogP contribution in [0.15, 0.2) is 24.3 Å². The van der Waals surface area contributed by atoms with Crippen molar-refractivity contribution in [1.29, 1.82) is 5.26 Å². The first-order valence-electron chi connectivity index (χ1n) is 14.5. The van der Waals surface area contributed by atoms with Gasteiger partial charge in [-0.3, -0.25) is 5.32 Å². The summed E-state index contributed by atoms with van der Waals surface area (Å²) < 4.78 is 5.64. The minimum Gasteiger partial charge on any atom is -0.387 e. The molecule has 3 N–H and O–H groups in total. The summed E-state index contributed by atoms with van der Waals surface area (Å²) in [4.78, 5) is 0. The van der Waals surface area contributed by atoms with Crippen LogP contribution in [0.4, 0.5) is 0 Å². The van der Waals surface area contributed by atoms with E-state index in [1.165, 1.54) is 32.1 Å². The Morgan fingerprint density at radius 3 is 2.53 bits per heavy atom. The molecule has 1 aromatic carbocycles. The van der Waals surface area contributed by atoms with Crippen molar-refractivity contribution in [2.75, 3.05) is 13.2 Å². The number of ether oxygens (including phenoxy) is 1. The Labute approximate surface area is 217 Å². The lowest BCUT2D eigenvalue weighted by atomic mass is 9.49. The molecule has 36 heavy (non-hydrogen) atoms. The van der Waals surface area contributed by atoms with Crippen LogP contribution in [0.2, 0.25) is 0 Å². The first-order valence-corrected chi connectivity index (χ1v) is 14.5. The quantitative estimate of drug-likeness (QED) is 0.432. The average Bonchev–Trinajstić information content (AvgIpc) is 3.24. The van der Waals surface area contributed by atoms with Crippen LogP contribution in [0, 0.1) is 52.3 Å². The van der Waals surface area contributed by atoms with E-state index < -0.39 is 11.8 Å². The van der Waals surface area contributed by atoms with E-state index in [2.05, 4.69) is 25.2 Å². The number of rotatable bonds is 7. The van der Waals surface area contributed by atoms with E-state index >= 15 is 0 Å². The molecule has 5 rings (SSSR count). The predicted octanol–water partition coefficient (Wildman–Crippen LogP) is 5.56. The predicted molar refractivity (Wildman–Crippen MR) is 141 cm³/mol. The molecule has 1 unspecified atom stereocenters. The summed E-state index contributed by atoms with van der Waals surface area (Å²) in [5, 5.41) is 35.1. The van der Waals surface area contributed by atoms with Gasteiger partial charge < -0.3 is 14.9 Å². The van der Waals surface area contributed by atoms with E-state index in [9.17, 15) is 10.2 Å². The second-order valence-electron chi connectivity index (χ2n) is 12.8. The van der Waals surface area contributed by atoms with Gasteiger partial charge in [-0.15, -0.1) is 0 Å².